The van der Waals surface area contributed by atoms with Crippen LogP contribution in [0.15, 0.2) is 42.5 Å². The number of nitro groups is 1. The molecule has 0 aliphatic rings. The average Bonchev–Trinajstić information content (AvgIpc) is 2.69. The van der Waals surface area contributed by atoms with Crippen LogP contribution in [0.4, 0.5) is 17.1 Å². The predicted molar refractivity (Wildman–Crippen MR) is 110 cm³/mol. The van der Waals surface area contributed by atoms with Crippen molar-refractivity contribution in [3.8, 4) is 5.75 Å². The minimum Gasteiger partial charge on any atom is -0.497 e. The van der Waals surface area contributed by atoms with Crippen molar-refractivity contribution in [2.24, 2.45) is 0 Å². The van der Waals surface area contributed by atoms with Crippen LogP contribution in [0.25, 0.3) is 0 Å². The number of hydrogen-bond donors (Lipinski definition) is 2. The number of methoxy groups -OCH3 is 1. The fourth-order valence-corrected chi connectivity index (χ4v) is 2.69. The topological polar surface area (TPSA) is 114 Å². The normalized spacial score (nSPS) is 10.5. The molecule has 154 valence electrons. The second kappa shape index (κ2) is 10.4. The highest BCUT2D eigenvalue weighted by Gasteiger charge is 2.16. The molecule has 0 atom stereocenters. The number of halogens is 1. The van der Waals surface area contributed by atoms with Gasteiger partial charge in [0, 0.05) is 17.8 Å². The highest BCUT2D eigenvalue weighted by Crippen LogP contribution is 2.26. The number of ether oxygens (including phenoxy) is 1. The average molecular weight is 421 g/mol. The Morgan fingerprint density at radius 3 is 2.24 bits per heavy atom. The SMILES string of the molecule is CCN(CC(=O)Nc1ccc(OC)cc1)CC(=O)Nc1ccc([N+](=O)[O-])cc1Cl. The van der Waals surface area contributed by atoms with E-state index >= 15 is 0 Å². The van der Waals surface area contributed by atoms with Gasteiger partial charge in [0.25, 0.3) is 5.69 Å². The lowest BCUT2D eigenvalue weighted by atomic mass is 10.2. The molecule has 0 unspecified atom stereocenters. The Balaban J connectivity index is 1.90. The van der Waals surface area contributed by atoms with Gasteiger partial charge in [0.1, 0.15) is 5.75 Å². The summed E-state index contributed by atoms with van der Waals surface area (Å²) in [6, 6.07) is 10.7. The van der Waals surface area contributed by atoms with Crippen LogP contribution in [0.3, 0.4) is 0 Å². The smallest absolute Gasteiger partial charge is 0.271 e. The van der Waals surface area contributed by atoms with Gasteiger partial charge in [-0.3, -0.25) is 24.6 Å². The number of carbonyl (C=O) groups excluding carboxylic acids is 2. The molecule has 2 amide bonds. The fourth-order valence-electron chi connectivity index (χ4n) is 2.47. The first-order chi connectivity index (χ1) is 13.8. The Kier molecular flexibility index (Phi) is 7.93. The molecule has 10 heteroatoms. The number of likely N-dealkylation sites (N-methyl/N-ethyl adjacent to an activating group) is 1. The summed E-state index contributed by atoms with van der Waals surface area (Å²) in [4.78, 5) is 36.3. The number of amides is 2. The van der Waals surface area contributed by atoms with E-state index in [0.29, 0.717) is 18.0 Å². The molecule has 0 radical (unpaired) electrons. The number of non-ortho nitro benzene ring substituents is 1. The van der Waals surface area contributed by atoms with Gasteiger partial charge in [-0.1, -0.05) is 18.5 Å². The fraction of sp³-hybridized carbons (Fsp3) is 0.263. The van der Waals surface area contributed by atoms with Crippen LogP contribution in [0.5, 0.6) is 5.75 Å². The second-order valence-corrected chi connectivity index (χ2v) is 6.46. The minimum atomic E-state index is -0.572. The third-order valence-electron chi connectivity index (χ3n) is 3.99. The molecule has 29 heavy (non-hydrogen) atoms. The van der Waals surface area contributed by atoms with Crippen LogP contribution in [0.1, 0.15) is 6.92 Å². The van der Waals surface area contributed by atoms with Gasteiger partial charge in [-0.25, -0.2) is 0 Å². The van der Waals surface area contributed by atoms with Crippen LogP contribution < -0.4 is 15.4 Å². The van der Waals surface area contributed by atoms with Gasteiger partial charge in [0.2, 0.25) is 11.8 Å². The molecule has 2 aromatic carbocycles. The third kappa shape index (κ3) is 6.74. The summed E-state index contributed by atoms with van der Waals surface area (Å²) < 4.78 is 5.07. The van der Waals surface area contributed by atoms with Crippen LogP contribution in [-0.2, 0) is 9.59 Å². The van der Waals surface area contributed by atoms with Gasteiger partial charge in [0.05, 0.1) is 35.8 Å². The third-order valence-corrected chi connectivity index (χ3v) is 4.31. The Labute approximate surface area is 172 Å². The summed E-state index contributed by atoms with van der Waals surface area (Å²) in [5.41, 5.74) is 0.716. The zero-order chi connectivity index (χ0) is 21.4. The molecule has 2 N–H and O–H groups in total. The maximum Gasteiger partial charge on any atom is 0.271 e. The molecule has 0 aromatic heterocycles. The lowest BCUT2D eigenvalue weighted by molar-refractivity contribution is -0.384. The predicted octanol–water partition coefficient (Wildman–Crippen LogP) is 3.16. The summed E-state index contributed by atoms with van der Waals surface area (Å²) in [5.74, 6) is 0.0257. The number of nitrogens with one attached hydrogen (secondary N) is 2. The Hall–Kier alpha value is -3.17. The highest BCUT2D eigenvalue weighted by molar-refractivity contribution is 6.34. The summed E-state index contributed by atoms with van der Waals surface area (Å²) in [7, 11) is 1.56. The van der Waals surface area contributed by atoms with E-state index in [0.717, 1.165) is 6.07 Å². The zero-order valence-corrected chi connectivity index (χ0v) is 16.7. The zero-order valence-electron chi connectivity index (χ0n) is 16.0. The summed E-state index contributed by atoms with van der Waals surface area (Å²) in [5, 5.41) is 16.2. The van der Waals surface area contributed by atoms with E-state index in [-0.39, 0.29) is 41.3 Å². The first kappa shape index (κ1) is 22.1. The van der Waals surface area contributed by atoms with E-state index in [1.54, 1.807) is 36.3 Å². The Bertz CT molecular complexity index is 889. The van der Waals surface area contributed by atoms with Crippen LogP contribution in [0.2, 0.25) is 5.02 Å². The largest absolute Gasteiger partial charge is 0.497 e. The standard InChI is InChI=1S/C19H21ClN4O5/c1-3-23(11-18(25)21-13-4-7-15(29-2)8-5-13)12-19(26)22-17-9-6-14(24(27)28)10-16(17)20/h4-10H,3,11-12H2,1-2H3,(H,21,25)(H,22,26). The number of hydrogen-bond acceptors (Lipinski definition) is 6. The van der Waals surface area contributed by atoms with Crippen LogP contribution >= 0.6 is 11.6 Å². The molecular weight excluding hydrogens is 400 g/mol. The van der Waals surface area contributed by atoms with E-state index in [2.05, 4.69) is 10.6 Å². The van der Waals surface area contributed by atoms with Crippen molar-refractivity contribution in [1.29, 1.82) is 0 Å². The van der Waals surface area contributed by atoms with Gasteiger partial charge in [0.15, 0.2) is 0 Å². The highest BCUT2D eigenvalue weighted by atomic mass is 35.5. The quantitative estimate of drug-likeness (QED) is 0.475. The second-order valence-electron chi connectivity index (χ2n) is 6.05. The first-order valence-corrected chi connectivity index (χ1v) is 9.10. The molecular formula is C19H21ClN4O5. The molecule has 9 nitrogen and oxygen atoms in total. The van der Waals surface area contributed by atoms with Crippen molar-refractivity contribution < 1.29 is 19.2 Å². The van der Waals surface area contributed by atoms with Gasteiger partial charge in [-0.15, -0.1) is 0 Å². The molecule has 0 heterocycles. The van der Waals surface area contributed by atoms with E-state index < -0.39 is 4.92 Å². The van der Waals surface area contributed by atoms with Gasteiger partial charge in [-0.05, 0) is 36.9 Å². The van der Waals surface area contributed by atoms with Gasteiger partial charge < -0.3 is 15.4 Å². The number of carbonyl (C=O) groups is 2. The number of benzene rings is 2. The van der Waals surface area contributed by atoms with Crippen molar-refractivity contribution in [2.75, 3.05) is 37.4 Å². The number of nitro benzene ring substituents is 1. The Morgan fingerprint density at radius 1 is 1.10 bits per heavy atom. The lowest BCUT2D eigenvalue weighted by Crippen LogP contribution is -2.38. The molecule has 0 aliphatic heterocycles. The molecule has 2 rings (SSSR count). The minimum absolute atomic E-state index is 0.0178. The molecule has 0 bridgehead atoms. The maximum atomic E-state index is 12.3. The van der Waals surface area contributed by atoms with Crippen molar-refractivity contribution >= 4 is 40.5 Å². The molecule has 0 aliphatic carbocycles. The van der Waals surface area contributed by atoms with Crippen LogP contribution in [0, 0.1) is 10.1 Å². The van der Waals surface area contributed by atoms with E-state index in [4.69, 9.17) is 16.3 Å². The van der Waals surface area contributed by atoms with Crippen molar-refractivity contribution in [2.45, 2.75) is 6.92 Å². The van der Waals surface area contributed by atoms with Crippen molar-refractivity contribution in [1.82, 2.24) is 4.90 Å². The first-order valence-electron chi connectivity index (χ1n) is 8.72. The number of anilines is 2. The lowest BCUT2D eigenvalue weighted by Gasteiger charge is -2.19. The molecule has 0 fully saturated rings. The number of nitrogens with zero attached hydrogens (tertiary/aromatic N) is 2. The Morgan fingerprint density at radius 2 is 1.72 bits per heavy atom. The van der Waals surface area contributed by atoms with Crippen LogP contribution in [-0.4, -0.2) is 48.4 Å². The van der Waals surface area contributed by atoms with Crippen molar-refractivity contribution in [3.63, 3.8) is 0 Å². The molecule has 2 aromatic rings. The summed E-state index contributed by atoms with van der Waals surface area (Å²) in [6.07, 6.45) is 0. The number of rotatable bonds is 9. The van der Waals surface area contributed by atoms with Gasteiger partial charge in [-0.2, -0.15) is 0 Å². The molecule has 0 saturated heterocycles. The van der Waals surface area contributed by atoms with Crippen molar-refractivity contribution in [3.05, 3.63) is 57.6 Å². The van der Waals surface area contributed by atoms with E-state index in [1.807, 2.05) is 6.92 Å². The monoisotopic (exact) mass is 420 g/mol. The summed E-state index contributed by atoms with van der Waals surface area (Å²) >= 11 is 5.98. The molecule has 0 spiro atoms. The summed E-state index contributed by atoms with van der Waals surface area (Å²) in [6.45, 7) is 2.27. The van der Waals surface area contributed by atoms with Gasteiger partial charge >= 0.3 is 0 Å². The maximum absolute atomic E-state index is 12.3. The van der Waals surface area contributed by atoms with E-state index in [9.17, 15) is 19.7 Å². The molecule has 0 saturated carbocycles. The van der Waals surface area contributed by atoms with E-state index in [1.165, 1.54) is 12.1 Å².